The molecular weight excluding hydrogens is 444 g/mol. The molecule has 1 N–H and O–H groups in total. The Balaban J connectivity index is 2.03. The number of likely N-dealkylation sites (N-methyl/N-ethyl adjacent to an activating group) is 1. The molecule has 188 valence electrons. The monoisotopic (exact) mass is 480 g/mol. The summed E-state index contributed by atoms with van der Waals surface area (Å²) in [6, 6.07) is 13.6. The molecule has 1 fully saturated rings. The second-order valence-corrected chi connectivity index (χ2v) is 8.39. The Kier molecular flexibility index (Phi) is 9.32. The minimum absolute atomic E-state index is 0.0981. The molecule has 2 aromatic rings. The van der Waals surface area contributed by atoms with Crippen LogP contribution in [0, 0.1) is 0 Å². The molecule has 0 aromatic heterocycles. The van der Waals surface area contributed by atoms with Crippen LogP contribution in [0.5, 0.6) is 11.5 Å². The summed E-state index contributed by atoms with van der Waals surface area (Å²) in [7, 11) is 0. The predicted molar refractivity (Wildman–Crippen MR) is 137 cm³/mol. The van der Waals surface area contributed by atoms with Gasteiger partial charge in [-0.05, 0) is 68.4 Å². The molecule has 1 saturated heterocycles. The smallest absolute Gasteiger partial charge is 0.295 e. The maximum Gasteiger partial charge on any atom is 0.295 e. The number of hydrogen-bond acceptors (Lipinski definition) is 6. The highest BCUT2D eigenvalue weighted by molar-refractivity contribution is 6.46. The molecule has 0 aliphatic carbocycles. The summed E-state index contributed by atoms with van der Waals surface area (Å²) in [4.78, 5) is 30.1. The summed E-state index contributed by atoms with van der Waals surface area (Å²) >= 11 is 0. The molecule has 1 atom stereocenters. The number of nitrogens with zero attached hydrogens (tertiary/aromatic N) is 2. The second-order valence-electron chi connectivity index (χ2n) is 8.39. The van der Waals surface area contributed by atoms with Crippen LogP contribution in [-0.2, 0) is 9.59 Å². The molecule has 0 bridgehead atoms. The van der Waals surface area contributed by atoms with Gasteiger partial charge in [-0.3, -0.25) is 9.59 Å². The van der Waals surface area contributed by atoms with Gasteiger partial charge in [0, 0.05) is 18.7 Å². The number of aliphatic hydroxyl groups excluding tert-OH is 1. The number of Topliss-reactive ketones (excluding diaryl/α,β-unsaturated/α-hetero) is 1. The average molecular weight is 481 g/mol. The van der Waals surface area contributed by atoms with Gasteiger partial charge in [0.2, 0.25) is 0 Å². The first-order chi connectivity index (χ1) is 16.9. The Bertz CT molecular complexity index is 1030. The van der Waals surface area contributed by atoms with Gasteiger partial charge in [0.1, 0.15) is 17.3 Å². The molecule has 0 unspecified atom stereocenters. The Morgan fingerprint density at radius 2 is 1.51 bits per heavy atom. The van der Waals surface area contributed by atoms with Crippen molar-refractivity contribution in [1.82, 2.24) is 9.80 Å². The van der Waals surface area contributed by atoms with Crippen LogP contribution in [0.2, 0.25) is 0 Å². The lowest BCUT2D eigenvalue weighted by Crippen LogP contribution is -2.38. The standard InChI is InChI=1S/C28H36N2O5/c1-5-19-35-23-13-9-20(10-14-23)25-24(26(31)21-11-15-22(16-12-21)34-8-4)27(32)28(33)30(25)18-17-29(6-2)7-3/h9-16,25,31H,5-8,17-19H2,1-4H3/t25-/m0/s1. The van der Waals surface area contributed by atoms with Crippen molar-refractivity contribution in [3.63, 3.8) is 0 Å². The summed E-state index contributed by atoms with van der Waals surface area (Å²) in [6.07, 6.45) is 0.898. The summed E-state index contributed by atoms with van der Waals surface area (Å²) in [5.41, 5.74) is 1.31. The van der Waals surface area contributed by atoms with Crippen LogP contribution >= 0.6 is 0 Å². The fraction of sp³-hybridized carbons (Fsp3) is 0.429. The van der Waals surface area contributed by atoms with Crippen LogP contribution in [0.3, 0.4) is 0 Å². The van der Waals surface area contributed by atoms with E-state index in [9.17, 15) is 14.7 Å². The van der Waals surface area contributed by atoms with Gasteiger partial charge in [-0.2, -0.15) is 0 Å². The predicted octanol–water partition coefficient (Wildman–Crippen LogP) is 4.64. The number of rotatable bonds is 12. The number of amides is 1. The van der Waals surface area contributed by atoms with Crippen LogP contribution in [0.1, 0.15) is 51.3 Å². The van der Waals surface area contributed by atoms with Gasteiger partial charge in [-0.1, -0.05) is 32.9 Å². The van der Waals surface area contributed by atoms with Crippen LogP contribution in [0.4, 0.5) is 0 Å². The van der Waals surface area contributed by atoms with E-state index in [4.69, 9.17) is 9.47 Å². The Morgan fingerprint density at radius 1 is 0.914 bits per heavy atom. The first-order valence-electron chi connectivity index (χ1n) is 12.4. The van der Waals surface area contributed by atoms with Crippen LogP contribution in [-0.4, -0.2) is 66.0 Å². The summed E-state index contributed by atoms with van der Waals surface area (Å²) in [5.74, 6) is -0.0635. The molecule has 0 saturated carbocycles. The molecule has 1 heterocycles. The topological polar surface area (TPSA) is 79.3 Å². The molecule has 1 aliphatic heterocycles. The second kappa shape index (κ2) is 12.4. The third kappa shape index (κ3) is 6.03. The number of ketones is 1. The fourth-order valence-electron chi connectivity index (χ4n) is 4.24. The first kappa shape index (κ1) is 26.3. The molecule has 1 amide bonds. The highest BCUT2D eigenvalue weighted by Gasteiger charge is 2.46. The third-order valence-electron chi connectivity index (χ3n) is 6.20. The highest BCUT2D eigenvalue weighted by atomic mass is 16.5. The number of carbonyl (C=O) groups excluding carboxylic acids is 2. The summed E-state index contributed by atoms with van der Waals surface area (Å²) in [5, 5.41) is 11.2. The van der Waals surface area contributed by atoms with E-state index < -0.39 is 17.7 Å². The maximum atomic E-state index is 13.2. The van der Waals surface area contributed by atoms with E-state index in [-0.39, 0.29) is 11.3 Å². The van der Waals surface area contributed by atoms with E-state index in [1.54, 1.807) is 29.2 Å². The normalized spacial score (nSPS) is 17.3. The molecule has 7 nitrogen and oxygen atoms in total. The molecule has 7 heteroatoms. The Labute approximate surface area is 207 Å². The van der Waals surface area contributed by atoms with Gasteiger partial charge < -0.3 is 24.4 Å². The number of ether oxygens (including phenoxy) is 2. The Hall–Kier alpha value is -3.32. The quantitative estimate of drug-likeness (QED) is 0.271. The molecule has 0 spiro atoms. The number of carbonyl (C=O) groups is 2. The molecule has 1 aliphatic rings. The lowest BCUT2D eigenvalue weighted by atomic mass is 9.95. The van der Waals surface area contributed by atoms with Crippen molar-refractivity contribution >= 4 is 17.4 Å². The minimum Gasteiger partial charge on any atom is -0.507 e. The lowest BCUT2D eigenvalue weighted by Gasteiger charge is -2.28. The van der Waals surface area contributed by atoms with Crippen LogP contribution in [0.15, 0.2) is 54.1 Å². The largest absolute Gasteiger partial charge is 0.507 e. The van der Waals surface area contributed by atoms with E-state index in [0.29, 0.717) is 37.6 Å². The van der Waals surface area contributed by atoms with E-state index in [1.165, 1.54) is 0 Å². The maximum absolute atomic E-state index is 13.2. The fourth-order valence-corrected chi connectivity index (χ4v) is 4.24. The third-order valence-corrected chi connectivity index (χ3v) is 6.20. The van der Waals surface area contributed by atoms with Gasteiger partial charge in [-0.25, -0.2) is 0 Å². The lowest BCUT2D eigenvalue weighted by molar-refractivity contribution is -0.140. The number of likely N-dealkylation sites (tertiary alicyclic amines) is 1. The number of hydrogen-bond donors (Lipinski definition) is 1. The summed E-state index contributed by atoms with van der Waals surface area (Å²) in [6.45, 7) is 11.9. The van der Waals surface area contributed by atoms with Crippen molar-refractivity contribution in [3.05, 3.63) is 65.2 Å². The Morgan fingerprint density at radius 3 is 2.09 bits per heavy atom. The van der Waals surface area contributed by atoms with Gasteiger partial charge in [0.25, 0.3) is 11.7 Å². The van der Waals surface area contributed by atoms with Gasteiger partial charge in [0.05, 0.1) is 24.8 Å². The van der Waals surface area contributed by atoms with Gasteiger partial charge in [-0.15, -0.1) is 0 Å². The van der Waals surface area contributed by atoms with Crippen molar-refractivity contribution in [2.45, 2.75) is 40.2 Å². The van der Waals surface area contributed by atoms with E-state index in [0.717, 1.165) is 30.8 Å². The van der Waals surface area contributed by atoms with Crippen molar-refractivity contribution in [1.29, 1.82) is 0 Å². The van der Waals surface area contributed by atoms with Gasteiger partial charge in [0.15, 0.2) is 0 Å². The molecule has 3 rings (SSSR count). The van der Waals surface area contributed by atoms with Crippen LogP contribution in [0.25, 0.3) is 5.76 Å². The van der Waals surface area contributed by atoms with Crippen molar-refractivity contribution in [2.24, 2.45) is 0 Å². The highest BCUT2D eigenvalue weighted by Crippen LogP contribution is 2.39. The molecule has 35 heavy (non-hydrogen) atoms. The van der Waals surface area contributed by atoms with Gasteiger partial charge >= 0.3 is 0 Å². The zero-order valence-corrected chi connectivity index (χ0v) is 21.1. The SMILES string of the molecule is CCCOc1ccc([C@H]2C(=C(O)c3ccc(OCC)cc3)C(=O)C(=O)N2CCN(CC)CC)cc1. The summed E-state index contributed by atoms with van der Waals surface area (Å²) < 4.78 is 11.2. The first-order valence-corrected chi connectivity index (χ1v) is 12.4. The van der Waals surface area contributed by atoms with Crippen LogP contribution < -0.4 is 9.47 Å². The van der Waals surface area contributed by atoms with E-state index in [2.05, 4.69) is 18.7 Å². The molecule has 0 radical (unpaired) electrons. The number of benzene rings is 2. The zero-order chi connectivity index (χ0) is 25.4. The molecule has 2 aromatic carbocycles. The minimum atomic E-state index is -0.683. The number of aliphatic hydroxyl groups is 1. The van der Waals surface area contributed by atoms with Crippen molar-refractivity contribution in [3.8, 4) is 11.5 Å². The molecular formula is C28H36N2O5. The van der Waals surface area contributed by atoms with E-state index >= 15 is 0 Å². The van der Waals surface area contributed by atoms with Crippen molar-refractivity contribution < 1.29 is 24.2 Å². The van der Waals surface area contributed by atoms with E-state index in [1.807, 2.05) is 38.1 Å². The average Bonchev–Trinajstić information content (AvgIpc) is 3.13. The van der Waals surface area contributed by atoms with Crippen molar-refractivity contribution in [2.75, 3.05) is 39.4 Å². The zero-order valence-electron chi connectivity index (χ0n) is 21.1.